The third kappa shape index (κ3) is 2.55. The van der Waals surface area contributed by atoms with Gasteiger partial charge in [0.1, 0.15) is 11.2 Å². The first-order valence-corrected chi connectivity index (χ1v) is 8.07. The minimum Gasteiger partial charge on any atom is -0.481 e. The molecule has 0 bridgehead atoms. The van der Waals surface area contributed by atoms with Gasteiger partial charge in [-0.05, 0) is 31.4 Å². The summed E-state index contributed by atoms with van der Waals surface area (Å²) in [4.78, 5) is 38.5. The number of carboxylic acids is 1. The van der Waals surface area contributed by atoms with Crippen LogP contribution in [0, 0.1) is 5.92 Å². The van der Waals surface area contributed by atoms with Gasteiger partial charge in [0, 0.05) is 6.04 Å². The van der Waals surface area contributed by atoms with Crippen molar-refractivity contribution in [2.24, 2.45) is 5.92 Å². The Balaban J connectivity index is 1.67. The van der Waals surface area contributed by atoms with E-state index >= 15 is 0 Å². The first kappa shape index (κ1) is 15.4. The van der Waals surface area contributed by atoms with Crippen LogP contribution in [0.3, 0.4) is 0 Å². The molecular formula is C17H16N4O4. The first-order valence-electron chi connectivity index (χ1n) is 8.07. The van der Waals surface area contributed by atoms with Gasteiger partial charge in [-0.1, -0.05) is 12.1 Å². The molecule has 1 aliphatic carbocycles. The van der Waals surface area contributed by atoms with Crippen LogP contribution in [0.1, 0.15) is 29.6 Å². The molecule has 0 aliphatic heterocycles. The maximum Gasteiger partial charge on any atom is 0.306 e. The summed E-state index contributed by atoms with van der Waals surface area (Å²) < 4.78 is 1.53. The minimum atomic E-state index is -0.830. The summed E-state index contributed by atoms with van der Waals surface area (Å²) in [5.41, 5.74) is 0.923. The van der Waals surface area contributed by atoms with E-state index in [1.165, 1.54) is 10.7 Å². The highest BCUT2D eigenvalue weighted by Gasteiger charge is 2.31. The molecule has 4 rings (SSSR count). The van der Waals surface area contributed by atoms with Crippen LogP contribution in [0.25, 0.3) is 16.6 Å². The van der Waals surface area contributed by atoms with E-state index in [2.05, 4.69) is 15.4 Å². The molecule has 1 fully saturated rings. The van der Waals surface area contributed by atoms with Crippen LogP contribution in [0.15, 0.2) is 35.3 Å². The van der Waals surface area contributed by atoms with Gasteiger partial charge in [-0.3, -0.25) is 14.4 Å². The van der Waals surface area contributed by atoms with Crippen molar-refractivity contribution in [1.29, 1.82) is 0 Å². The predicted molar refractivity (Wildman–Crippen MR) is 89.5 cm³/mol. The zero-order valence-corrected chi connectivity index (χ0v) is 13.2. The van der Waals surface area contributed by atoms with Crippen LogP contribution < -0.4 is 10.9 Å². The van der Waals surface area contributed by atoms with E-state index in [1.54, 1.807) is 24.3 Å². The normalized spacial score (nSPS) is 20.2. The van der Waals surface area contributed by atoms with Crippen molar-refractivity contribution in [3.8, 4) is 0 Å². The molecule has 1 saturated carbocycles. The fraction of sp³-hybridized carbons (Fsp3) is 0.294. The molecule has 0 radical (unpaired) electrons. The summed E-state index contributed by atoms with van der Waals surface area (Å²) in [6, 6.07) is 6.84. The SMILES string of the molecule is O=C(N[C@H]1CC[C@@H](C(=O)O)C1)c1cnn2c1[nH]c(=O)c1ccccc12. The van der Waals surface area contributed by atoms with Gasteiger partial charge < -0.3 is 15.4 Å². The van der Waals surface area contributed by atoms with Crippen molar-refractivity contribution in [1.82, 2.24) is 19.9 Å². The lowest BCUT2D eigenvalue weighted by Gasteiger charge is -2.11. The molecule has 0 saturated heterocycles. The second-order valence-corrected chi connectivity index (χ2v) is 6.31. The summed E-state index contributed by atoms with van der Waals surface area (Å²) in [7, 11) is 0. The number of aromatic amines is 1. The second-order valence-electron chi connectivity index (χ2n) is 6.31. The number of para-hydroxylation sites is 1. The Morgan fingerprint density at radius 1 is 1.28 bits per heavy atom. The smallest absolute Gasteiger partial charge is 0.306 e. The number of hydrogen-bond donors (Lipinski definition) is 3. The zero-order chi connectivity index (χ0) is 17.6. The molecule has 1 aromatic carbocycles. The lowest BCUT2D eigenvalue weighted by Crippen LogP contribution is -2.33. The Hall–Kier alpha value is -3.16. The maximum absolute atomic E-state index is 12.6. The molecule has 0 unspecified atom stereocenters. The van der Waals surface area contributed by atoms with Crippen molar-refractivity contribution in [2.75, 3.05) is 0 Å². The standard InChI is InChI=1S/C17H16N4O4/c22-15-11-3-1-2-4-13(11)21-14(20-15)12(8-18-21)16(23)19-10-6-5-9(7-10)17(24)25/h1-4,8-10H,5-7H2,(H,19,23)(H,20,22)(H,24,25)/t9-,10+/m1/s1. The molecular weight excluding hydrogens is 324 g/mol. The monoisotopic (exact) mass is 340 g/mol. The highest BCUT2D eigenvalue weighted by molar-refractivity contribution is 6.00. The predicted octanol–water partition coefficient (Wildman–Crippen LogP) is 1.16. The van der Waals surface area contributed by atoms with E-state index in [-0.39, 0.29) is 23.1 Å². The quantitative estimate of drug-likeness (QED) is 0.661. The van der Waals surface area contributed by atoms with Crippen LogP contribution in [0.5, 0.6) is 0 Å². The minimum absolute atomic E-state index is 0.185. The highest BCUT2D eigenvalue weighted by atomic mass is 16.4. The van der Waals surface area contributed by atoms with Gasteiger partial charge in [-0.25, -0.2) is 4.52 Å². The maximum atomic E-state index is 12.6. The number of carbonyl (C=O) groups is 2. The fourth-order valence-corrected chi connectivity index (χ4v) is 3.44. The number of nitrogens with zero attached hydrogens (tertiary/aromatic N) is 2. The lowest BCUT2D eigenvalue weighted by atomic mass is 10.1. The number of aromatic nitrogens is 3. The number of carboxylic acid groups (broad SMARTS) is 1. The van der Waals surface area contributed by atoms with E-state index in [4.69, 9.17) is 5.11 Å². The molecule has 128 valence electrons. The molecule has 8 nitrogen and oxygen atoms in total. The molecule has 0 spiro atoms. The van der Waals surface area contributed by atoms with E-state index in [0.717, 1.165) is 0 Å². The van der Waals surface area contributed by atoms with E-state index in [0.29, 0.717) is 35.8 Å². The molecule has 3 aromatic rings. The topological polar surface area (TPSA) is 117 Å². The van der Waals surface area contributed by atoms with E-state index in [1.807, 2.05) is 0 Å². The molecule has 2 atom stereocenters. The number of carbonyl (C=O) groups excluding carboxylic acids is 1. The van der Waals surface area contributed by atoms with Crippen molar-refractivity contribution < 1.29 is 14.7 Å². The number of aliphatic carboxylic acids is 1. The van der Waals surface area contributed by atoms with Crippen LogP contribution in [-0.2, 0) is 4.79 Å². The molecule has 2 aromatic heterocycles. The van der Waals surface area contributed by atoms with Crippen LogP contribution in [0.2, 0.25) is 0 Å². The van der Waals surface area contributed by atoms with E-state index in [9.17, 15) is 14.4 Å². The molecule has 2 heterocycles. The van der Waals surface area contributed by atoms with Gasteiger partial charge in [0.2, 0.25) is 0 Å². The largest absolute Gasteiger partial charge is 0.481 e. The van der Waals surface area contributed by atoms with Crippen molar-refractivity contribution in [3.63, 3.8) is 0 Å². The highest BCUT2D eigenvalue weighted by Crippen LogP contribution is 2.26. The van der Waals surface area contributed by atoms with Gasteiger partial charge in [0.15, 0.2) is 0 Å². The van der Waals surface area contributed by atoms with Crippen molar-refractivity contribution in [3.05, 3.63) is 46.4 Å². The number of H-pyrrole nitrogens is 1. The first-order chi connectivity index (χ1) is 12.0. The number of rotatable bonds is 3. The molecule has 3 N–H and O–H groups in total. The number of nitrogens with one attached hydrogen (secondary N) is 2. The Labute approximate surface area is 141 Å². The third-order valence-corrected chi connectivity index (χ3v) is 4.74. The molecule has 8 heteroatoms. The van der Waals surface area contributed by atoms with Crippen LogP contribution in [0.4, 0.5) is 0 Å². The lowest BCUT2D eigenvalue weighted by molar-refractivity contribution is -0.141. The summed E-state index contributed by atoms with van der Waals surface area (Å²) in [5.74, 6) is -1.61. The second kappa shape index (κ2) is 5.73. The number of benzene rings is 1. The van der Waals surface area contributed by atoms with E-state index < -0.39 is 11.9 Å². The number of hydrogen-bond acceptors (Lipinski definition) is 4. The molecule has 1 aliphatic rings. The third-order valence-electron chi connectivity index (χ3n) is 4.74. The number of fused-ring (bicyclic) bond motifs is 3. The summed E-state index contributed by atoms with van der Waals surface area (Å²) in [6.07, 6.45) is 3.01. The Morgan fingerprint density at radius 2 is 2.08 bits per heavy atom. The molecule has 1 amide bonds. The van der Waals surface area contributed by atoms with Crippen LogP contribution >= 0.6 is 0 Å². The van der Waals surface area contributed by atoms with Crippen molar-refractivity contribution in [2.45, 2.75) is 25.3 Å². The average molecular weight is 340 g/mol. The summed E-state index contributed by atoms with van der Waals surface area (Å²) in [5, 5.41) is 16.6. The zero-order valence-electron chi connectivity index (χ0n) is 13.2. The Bertz CT molecular complexity index is 1050. The van der Waals surface area contributed by atoms with Gasteiger partial charge in [-0.2, -0.15) is 5.10 Å². The van der Waals surface area contributed by atoms with Crippen molar-refractivity contribution >= 4 is 28.4 Å². The fourth-order valence-electron chi connectivity index (χ4n) is 3.44. The Morgan fingerprint density at radius 3 is 2.84 bits per heavy atom. The van der Waals surface area contributed by atoms with Gasteiger partial charge in [0.05, 0.1) is 23.0 Å². The molecule has 25 heavy (non-hydrogen) atoms. The summed E-state index contributed by atoms with van der Waals surface area (Å²) >= 11 is 0. The van der Waals surface area contributed by atoms with Crippen LogP contribution in [-0.4, -0.2) is 37.6 Å². The van der Waals surface area contributed by atoms with Gasteiger partial charge >= 0.3 is 5.97 Å². The average Bonchev–Trinajstić information content (AvgIpc) is 3.22. The van der Waals surface area contributed by atoms with Gasteiger partial charge in [-0.15, -0.1) is 0 Å². The van der Waals surface area contributed by atoms with Gasteiger partial charge in [0.25, 0.3) is 11.5 Å². The number of amides is 1. The summed E-state index contributed by atoms with van der Waals surface area (Å²) in [6.45, 7) is 0. The Kier molecular flexibility index (Phi) is 3.52.